The minimum atomic E-state index is -0.981. The van der Waals surface area contributed by atoms with Crippen LogP contribution >= 0.6 is 0 Å². The molecule has 0 spiro atoms. The molecule has 0 aliphatic carbocycles. The maximum Gasteiger partial charge on any atom is 1.00 e. The topological polar surface area (TPSA) is 12.0 Å². The molecule has 0 atom stereocenters. The summed E-state index contributed by atoms with van der Waals surface area (Å²) in [5.74, 6) is 0. The van der Waals surface area contributed by atoms with Crippen molar-refractivity contribution < 1.29 is 31.0 Å². The number of hydrogen-bond donors (Lipinski definition) is 1. The molecule has 1 N–H and O–H groups in total. The van der Waals surface area contributed by atoms with Crippen LogP contribution in [0, 0.1) is 0 Å². The third kappa shape index (κ3) is 12.1. The van der Waals surface area contributed by atoms with E-state index in [0.29, 0.717) is 0 Å². The molecule has 1 nitrogen and oxygen atoms in total. The average molecular weight is 185 g/mol. The van der Waals surface area contributed by atoms with E-state index in [0.717, 1.165) is 0 Å². The summed E-state index contributed by atoms with van der Waals surface area (Å²) in [5, 5.41) is 0. The second kappa shape index (κ2) is 4.43. The van der Waals surface area contributed by atoms with Crippen LogP contribution in [0.3, 0.4) is 0 Å². The predicted molar refractivity (Wildman–Crippen MR) is 50.9 cm³/mol. The van der Waals surface area contributed by atoms with Gasteiger partial charge >= 0.3 is 29.6 Å². The molecule has 0 rings (SSSR count). The first kappa shape index (κ1) is 13.9. The normalized spacial score (nSPS) is 12.6. The van der Waals surface area contributed by atoms with Crippen LogP contribution in [-0.2, 0) is 0 Å². The largest absolute Gasteiger partial charge is 1.00 e. The Morgan fingerprint density at radius 3 is 1.00 bits per heavy atom. The fourth-order valence-electron chi connectivity index (χ4n) is 1.12. The molecule has 0 aliphatic heterocycles. The summed E-state index contributed by atoms with van der Waals surface area (Å²) in [6, 6.07) is 0. The van der Waals surface area contributed by atoms with Gasteiger partial charge in [0.1, 0.15) is 16.5 Å². The molecule has 0 amide bonds. The summed E-state index contributed by atoms with van der Waals surface area (Å²) in [4.78, 5) is 0. The minimum Gasteiger partial charge on any atom is -1.00 e. The third-order valence-corrected chi connectivity index (χ3v) is 6.75. The van der Waals surface area contributed by atoms with Crippen molar-refractivity contribution in [2.75, 3.05) is 0 Å². The van der Waals surface area contributed by atoms with Crippen molar-refractivity contribution in [3.8, 4) is 0 Å². The Balaban J connectivity index is -0.000000320. The maximum atomic E-state index is 3.74. The average Bonchev–Trinajstić information content (AvgIpc) is 1.14. The fraction of sp³-hybridized carbons (Fsp3) is 1.00. The van der Waals surface area contributed by atoms with Crippen LogP contribution in [-0.4, -0.2) is 16.5 Å². The van der Waals surface area contributed by atoms with E-state index in [2.05, 4.69) is 43.9 Å². The fourth-order valence-corrected chi connectivity index (χ4v) is 10.1. The Hall–Kier alpha value is 1.39. The van der Waals surface area contributed by atoms with E-state index in [1.165, 1.54) is 0 Å². The van der Waals surface area contributed by atoms with E-state index in [4.69, 9.17) is 0 Å². The third-order valence-electron chi connectivity index (χ3n) is 0.750. The van der Waals surface area contributed by atoms with Crippen molar-refractivity contribution in [1.29, 1.82) is 0 Å². The minimum absolute atomic E-state index is 0. The van der Waals surface area contributed by atoms with Gasteiger partial charge in [-0.25, -0.2) is 0 Å². The Morgan fingerprint density at radius 2 is 1.00 bits per heavy atom. The van der Waals surface area contributed by atoms with E-state index < -0.39 is 16.5 Å². The first-order chi connectivity index (χ1) is 3.71. The van der Waals surface area contributed by atoms with Gasteiger partial charge in [0.25, 0.3) is 0 Å². The Bertz CT molecular complexity index is 85.7. The van der Waals surface area contributed by atoms with E-state index in [1.54, 1.807) is 0 Å². The van der Waals surface area contributed by atoms with E-state index >= 15 is 0 Å². The summed E-state index contributed by atoms with van der Waals surface area (Å²) in [6.07, 6.45) is 0. The zero-order valence-electron chi connectivity index (χ0n) is 9.50. The molecule has 0 unspecified atom stereocenters. The molecule has 0 heterocycles. The molecule has 0 saturated heterocycles. The van der Waals surface area contributed by atoms with Gasteiger partial charge in [0, 0.05) is 0 Å². The van der Waals surface area contributed by atoms with Crippen LogP contribution in [0.15, 0.2) is 0 Å². The number of hydrogen-bond acceptors (Lipinski definition) is 1. The zero-order valence-corrected chi connectivity index (χ0v) is 12.5. The number of rotatable bonds is 2. The molecule has 0 aromatic carbocycles. The number of nitrogens with one attached hydrogen (secondary N) is 1. The molecule has 0 saturated carbocycles. The molecular weight excluding hydrogens is 165 g/mol. The van der Waals surface area contributed by atoms with Gasteiger partial charge in [0.05, 0.1) is 0 Å². The van der Waals surface area contributed by atoms with Crippen molar-refractivity contribution in [3.63, 3.8) is 0 Å². The van der Waals surface area contributed by atoms with E-state index in [1.807, 2.05) is 0 Å². The predicted octanol–water partition coefficient (Wildman–Crippen LogP) is -0.638. The molecule has 0 radical (unpaired) electrons. The molecular formula is C6H20NNaSi2. The van der Waals surface area contributed by atoms with Crippen molar-refractivity contribution in [2.24, 2.45) is 0 Å². The van der Waals surface area contributed by atoms with Crippen LogP contribution in [0.1, 0.15) is 1.43 Å². The summed E-state index contributed by atoms with van der Waals surface area (Å²) in [5.41, 5.74) is 0. The second-order valence-corrected chi connectivity index (χ2v) is 14.6. The smallest absolute Gasteiger partial charge is 1.00 e. The van der Waals surface area contributed by atoms with Gasteiger partial charge in [-0.05, 0) is 0 Å². The molecule has 0 aromatic rings. The van der Waals surface area contributed by atoms with Gasteiger partial charge in [0.15, 0.2) is 0 Å². The van der Waals surface area contributed by atoms with E-state index in [9.17, 15) is 0 Å². The van der Waals surface area contributed by atoms with Crippen LogP contribution in [0.4, 0.5) is 0 Å². The summed E-state index contributed by atoms with van der Waals surface area (Å²) in [6.45, 7) is 14.1. The van der Waals surface area contributed by atoms with Crippen molar-refractivity contribution in [2.45, 2.75) is 39.3 Å². The summed E-state index contributed by atoms with van der Waals surface area (Å²) < 4.78 is 3.74. The van der Waals surface area contributed by atoms with Gasteiger partial charge in [-0.1, -0.05) is 39.3 Å². The molecule has 58 valence electrons. The molecule has 0 bridgehead atoms. The van der Waals surface area contributed by atoms with Crippen LogP contribution in [0.5, 0.6) is 0 Å². The van der Waals surface area contributed by atoms with E-state index in [-0.39, 0.29) is 31.0 Å². The summed E-state index contributed by atoms with van der Waals surface area (Å²) >= 11 is 0. The van der Waals surface area contributed by atoms with Crippen LogP contribution in [0.25, 0.3) is 0 Å². The molecule has 0 aromatic heterocycles. The monoisotopic (exact) mass is 185 g/mol. The molecule has 0 aliphatic rings. The van der Waals surface area contributed by atoms with Crippen molar-refractivity contribution >= 4 is 16.5 Å². The SMILES string of the molecule is C[Si](C)(C)N[Si](C)(C)C.[H-].[Na+]. The first-order valence-electron chi connectivity index (χ1n) is 3.50. The second-order valence-electron chi connectivity index (χ2n) is 4.62. The maximum absolute atomic E-state index is 3.74. The van der Waals surface area contributed by atoms with Crippen LogP contribution < -0.4 is 34.2 Å². The Morgan fingerprint density at radius 1 is 0.800 bits per heavy atom. The van der Waals surface area contributed by atoms with Crippen LogP contribution in [0.2, 0.25) is 39.3 Å². The standard InChI is InChI=1S/C6H19NSi2.Na.H/c1-8(2,3)7-9(4,5)6;;/h7H,1-6H3;;/q;+1;-1. The van der Waals surface area contributed by atoms with Crippen molar-refractivity contribution in [1.82, 2.24) is 4.65 Å². The molecule has 10 heavy (non-hydrogen) atoms. The molecule has 4 heteroatoms. The van der Waals surface area contributed by atoms with Gasteiger partial charge in [0.2, 0.25) is 0 Å². The molecule has 0 fully saturated rings. The zero-order chi connectivity index (χ0) is 7.71. The summed E-state index contributed by atoms with van der Waals surface area (Å²) in [7, 11) is -1.96. The Kier molecular flexibility index (Phi) is 6.18. The van der Waals surface area contributed by atoms with Gasteiger partial charge in [-0.2, -0.15) is 0 Å². The first-order valence-corrected chi connectivity index (χ1v) is 10.5. The van der Waals surface area contributed by atoms with Gasteiger partial charge < -0.3 is 6.07 Å². The Labute approximate surface area is 90.9 Å². The van der Waals surface area contributed by atoms with Crippen molar-refractivity contribution in [3.05, 3.63) is 0 Å². The quantitative estimate of drug-likeness (QED) is 0.565. The van der Waals surface area contributed by atoms with Gasteiger partial charge in [-0.15, -0.1) is 0 Å². The van der Waals surface area contributed by atoms with Gasteiger partial charge in [-0.3, -0.25) is 0 Å².